The van der Waals surface area contributed by atoms with Crippen LogP contribution in [0.25, 0.3) is 0 Å². The molecule has 0 aliphatic heterocycles. The van der Waals surface area contributed by atoms with Crippen LogP contribution in [0.1, 0.15) is 29.9 Å². The maximum absolute atomic E-state index is 12.9. The molecule has 1 amide bonds. The van der Waals surface area contributed by atoms with Crippen LogP contribution in [0, 0.1) is 0 Å². The van der Waals surface area contributed by atoms with Gasteiger partial charge in [-0.3, -0.25) is 4.79 Å². The number of nitrogens with zero attached hydrogens (tertiary/aromatic N) is 1. The zero-order chi connectivity index (χ0) is 17.5. The second-order valence-electron chi connectivity index (χ2n) is 5.65. The van der Waals surface area contributed by atoms with Crippen molar-refractivity contribution in [2.75, 3.05) is 7.05 Å². The quantitative estimate of drug-likeness (QED) is 0.667. The number of aldehydes is 1. The first kappa shape index (κ1) is 18.5. The zero-order valence-corrected chi connectivity index (χ0v) is 14.9. The SMILES string of the molecule is CN(Cc1ccccc1)C(=O)C(CCC=O)c1ccc(Cl)c(Cl)c1. The van der Waals surface area contributed by atoms with Crippen LogP contribution in [0.4, 0.5) is 0 Å². The standard InChI is InChI=1S/C19H19Cl2NO2/c1-22(13-14-6-3-2-4-7-14)19(24)16(8-5-11-23)15-9-10-17(20)18(21)12-15/h2-4,6-7,9-12,16H,5,8,13H2,1H3. The van der Waals surface area contributed by atoms with E-state index in [1.807, 2.05) is 30.3 Å². The molecule has 0 aromatic heterocycles. The van der Waals surface area contributed by atoms with Gasteiger partial charge in [-0.15, -0.1) is 0 Å². The van der Waals surface area contributed by atoms with E-state index in [0.29, 0.717) is 29.4 Å². The van der Waals surface area contributed by atoms with Crippen LogP contribution in [-0.4, -0.2) is 24.1 Å². The lowest BCUT2D eigenvalue weighted by atomic mass is 9.93. The molecule has 3 nitrogen and oxygen atoms in total. The molecular formula is C19H19Cl2NO2. The largest absolute Gasteiger partial charge is 0.341 e. The van der Waals surface area contributed by atoms with Crippen molar-refractivity contribution in [2.45, 2.75) is 25.3 Å². The molecular weight excluding hydrogens is 345 g/mol. The van der Waals surface area contributed by atoms with Crippen LogP contribution in [0.3, 0.4) is 0 Å². The summed E-state index contributed by atoms with van der Waals surface area (Å²) >= 11 is 12.0. The lowest BCUT2D eigenvalue weighted by Gasteiger charge is -2.24. The number of hydrogen-bond donors (Lipinski definition) is 0. The fourth-order valence-corrected chi connectivity index (χ4v) is 2.90. The number of halogens is 2. The molecule has 0 radical (unpaired) electrons. The topological polar surface area (TPSA) is 37.4 Å². The molecule has 2 aromatic carbocycles. The van der Waals surface area contributed by atoms with Crippen LogP contribution < -0.4 is 0 Å². The van der Waals surface area contributed by atoms with E-state index in [2.05, 4.69) is 0 Å². The molecule has 1 unspecified atom stereocenters. The van der Waals surface area contributed by atoms with Crippen molar-refractivity contribution in [3.05, 3.63) is 69.7 Å². The van der Waals surface area contributed by atoms with Crippen molar-refractivity contribution >= 4 is 35.4 Å². The second-order valence-corrected chi connectivity index (χ2v) is 6.46. The van der Waals surface area contributed by atoms with Gasteiger partial charge in [0.1, 0.15) is 6.29 Å². The molecule has 2 rings (SSSR count). The summed E-state index contributed by atoms with van der Waals surface area (Å²) in [6.07, 6.45) is 1.59. The monoisotopic (exact) mass is 363 g/mol. The van der Waals surface area contributed by atoms with Gasteiger partial charge in [0.15, 0.2) is 0 Å². The van der Waals surface area contributed by atoms with E-state index in [1.54, 1.807) is 30.1 Å². The highest BCUT2D eigenvalue weighted by atomic mass is 35.5. The molecule has 0 N–H and O–H groups in total. The Bertz CT molecular complexity index is 704. The molecule has 0 aliphatic rings. The predicted octanol–water partition coefficient (Wildman–Crippen LogP) is 4.71. The van der Waals surface area contributed by atoms with Gasteiger partial charge in [0.25, 0.3) is 0 Å². The number of rotatable bonds is 7. The Kier molecular flexibility index (Phi) is 6.83. The van der Waals surface area contributed by atoms with Gasteiger partial charge >= 0.3 is 0 Å². The Morgan fingerprint density at radius 3 is 2.46 bits per heavy atom. The van der Waals surface area contributed by atoms with E-state index in [4.69, 9.17) is 23.2 Å². The number of carbonyl (C=O) groups excluding carboxylic acids is 2. The van der Waals surface area contributed by atoms with E-state index in [-0.39, 0.29) is 5.91 Å². The smallest absolute Gasteiger partial charge is 0.230 e. The van der Waals surface area contributed by atoms with E-state index in [0.717, 1.165) is 17.4 Å². The first-order valence-electron chi connectivity index (χ1n) is 7.70. The Morgan fingerprint density at radius 2 is 1.83 bits per heavy atom. The van der Waals surface area contributed by atoms with Crippen molar-refractivity contribution in [1.29, 1.82) is 0 Å². The van der Waals surface area contributed by atoms with Crippen LogP contribution in [0.2, 0.25) is 10.0 Å². The Morgan fingerprint density at radius 1 is 1.12 bits per heavy atom. The van der Waals surface area contributed by atoms with Gasteiger partial charge in [0.2, 0.25) is 5.91 Å². The van der Waals surface area contributed by atoms with E-state index in [1.165, 1.54) is 0 Å². The van der Waals surface area contributed by atoms with E-state index >= 15 is 0 Å². The molecule has 0 spiro atoms. The minimum Gasteiger partial charge on any atom is -0.341 e. The van der Waals surface area contributed by atoms with Gasteiger partial charge in [-0.05, 0) is 29.7 Å². The van der Waals surface area contributed by atoms with Crippen molar-refractivity contribution in [3.8, 4) is 0 Å². The van der Waals surface area contributed by atoms with E-state index < -0.39 is 5.92 Å². The van der Waals surface area contributed by atoms with Crippen molar-refractivity contribution in [1.82, 2.24) is 4.90 Å². The van der Waals surface area contributed by atoms with Crippen LogP contribution in [0.5, 0.6) is 0 Å². The van der Waals surface area contributed by atoms with Crippen molar-refractivity contribution < 1.29 is 9.59 Å². The lowest BCUT2D eigenvalue weighted by Crippen LogP contribution is -2.31. The molecule has 0 saturated carbocycles. The highest BCUT2D eigenvalue weighted by Gasteiger charge is 2.24. The third-order valence-corrected chi connectivity index (χ3v) is 4.60. The average Bonchev–Trinajstić information content (AvgIpc) is 2.59. The summed E-state index contributed by atoms with van der Waals surface area (Å²) < 4.78 is 0. The molecule has 0 bridgehead atoms. The van der Waals surface area contributed by atoms with Crippen molar-refractivity contribution in [2.24, 2.45) is 0 Å². The summed E-state index contributed by atoms with van der Waals surface area (Å²) in [5.74, 6) is -0.460. The van der Waals surface area contributed by atoms with Crippen LogP contribution in [0.15, 0.2) is 48.5 Å². The number of likely N-dealkylation sites (N-methyl/N-ethyl adjacent to an activating group) is 1. The maximum Gasteiger partial charge on any atom is 0.230 e. The lowest BCUT2D eigenvalue weighted by molar-refractivity contribution is -0.132. The summed E-state index contributed by atoms with van der Waals surface area (Å²) in [6.45, 7) is 0.512. The van der Waals surface area contributed by atoms with Gasteiger partial charge in [-0.25, -0.2) is 0 Å². The molecule has 1 atom stereocenters. The van der Waals surface area contributed by atoms with Gasteiger partial charge in [-0.1, -0.05) is 59.6 Å². The summed E-state index contributed by atoms with van der Waals surface area (Å²) in [7, 11) is 1.76. The highest BCUT2D eigenvalue weighted by molar-refractivity contribution is 6.42. The minimum atomic E-state index is -0.418. The molecule has 0 fully saturated rings. The molecule has 0 aliphatic carbocycles. The van der Waals surface area contributed by atoms with Crippen LogP contribution in [-0.2, 0) is 16.1 Å². The summed E-state index contributed by atoms with van der Waals surface area (Å²) in [5.41, 5.74) is 1.83. The van der Waals surface area contributed by atoms with Crippen molar-refractivity contribution in [3.63, 3.8) is 0 Å². The average molecular weight is 364 g/mol. The molecule has 24 heavy (non-hydrogen) atoms. The molecule has 126 valence electrons. The first-order valence-corrected chi connectivity index (χ1v) is 8.46. The fraction of sp³-hybridized carbons (Fsp3) is 0.263. The minimum absolute atomic E-state index is 0.0425. The second kappa shape index (κ2) is 8.86. The Labute approximate surface area is 152 Å². The third kappa shape index (κ3) is 4.83. The summed E-state index contributed by atoms with van der Waals surface area (Å²) in [5, 5.41) is 0.850. The van der Waals surface area contributed by atoms with Gasteiger partial charge < -0.3 is 9.69 Å². The van der Waals surface area contributed by atoms with Crippen LogP contribution >= 0.6 is 23.2 Å². The number of amides is 1. The molecule has 5 heteroatoms. The Hall–Kier alpha value is -1.84. The molecule has 2 aromatic rings. The van der Waals surface area contributed by atoms with Gasteiger partial charge in [0.05, 0.1) is 16.0 Å². The third-order valence-electron chi connectivity index (χ3n) is 3.86. The maximum atomic E-state index is 12.9. The molecule has 0 heterocycles. The van der Waals surface area contributed by atoms with E-state index in [9.17, 15) is 9.59 Å². The Balaban J connectivity index is 2.20. The summed E-state index contributed by atoms with van der Waals surface area (Å²) in [4.78, 5) is 25.3. The molecule has 0 saturated heterocycles. The first-order chi connectivity index (χ1) is 11.5. The summed E-state index contributed by atoms with van der Waals surface area (Å²) in [6, 6.07) is 14.9. The van der Waals surface area contributed by atoms with Gasteiger partial charge in [-0.2, -0.15) is 0 Å². The van der Waals surface area contributed by atoms with Gasteiger partial charge in [0, 0.05) is 20.0 Å². The normalized spacial score (nSPS) is 11.8. The highest BCUT2D eigenvalue weighted by Crippen LogP contribution is 2.30. The number of benzene rings is 2. The predicted molar refractivity (Wildman–Crippen MR) is 97.4 cm³/mol. The zero-order valence-electron chi connectivity index (χ0n) is 13.4. The fourth-order valence-electron chi connectivity index (χ4n) is 2.60. The number of hydrogen-bond acceptors (Lipinski definition) is 2. The number of carbonyl (C=O) groups is 2.